The van der Waals surface area contributed by atoms with Crippen LogP contribution < -0.4 is 15.5 Å². The van der Waals surface area contributed by atoms with Gasteiger partial charge in [0.05, 0.1) is 22.9 Å². The van der Waals surface area contributed by atoms with Gasteiger partial charge in [-0.3, -0.25) is 9.78 Å². The number of piperazine rings is 1. The van der Waals surface area contributed by atoms with Crippen molar-refractivity contribution in [2.24, 2.45) is 0 Å². The molecule has 2 N–H and O–H groups in total. The first-order valence-electron chi connectivity index (χ1n) is 9.04. The molecule has 1 aromatic heterocycles. The maximum absolute atomic E-state index is 12.2. The Hall–Kier alpha value is -2.92. The van der Waals surface area contributed by atoms with E-state index in [1.807, 2.05) is 30.5 Å². The molecule has 2 aromatic carbocycles. The highest BCUT2D eigenvalue weighted by molar-refractivity contribution is 5.98. The van der Waals surface area contributed by atoms with Crippen LogP contribution in [-0.2, 0) is 4.79 Å². The third-order valence-electron chi connectivity index (χ3n) is 5.28. The van der Waals surface area contributed by atoms with Crippen molar-refractivity contribution in [3.63, 3.8) is 0 Å². The van der Waals surface area contributed by atoms with E-state index in [-0.39, 0.29) is 11.9 Å². The molecule has 1 atom stereocenters. The van der Waals surface area contributed by atoms with Gasteiger partial charge in [0.2, 0.25) is 5.91 Å². The minimum absolute atomic E-state index is 0.0857. The maximum Gasteiger partial charge on any atom is 0.226 e. The van der Waals surface area contributed by atoms with Crippen LogP contribution in [-0.4, -0.2) is 36.6 Å². The average molecular weight is 344 g/mol. The molecule has 2 aliphatic rings. The minimum Gasteiger partial charge on any atom is -0.364 e. The summed E-state index contributed by atoms with van der Waals surface area (Å²) in [6.45, 7) is 2.69. The molecule has 2 aliphatic heterocycles. The Bertz CT molecular complexity index is 1000. The molecule has 3 heterocycles. The molecule has 5 heteroatoms. The van der Waals surface area contributed by atoms with Crippen LogP contribution in [0.4, 0.5) is 11.4 Å². The lowest BCUT2D eigenvalue weighted by atomic mass is 10.0. The lowest BCUT2D eigenvalue weighted by Crippen LogP contribution is -2.51. The number of hydrogen-bond donors (Lipinski definition) is 2. The van der Waals surface area contributed by atoms with Gasteiger partial charge in [0.15, 0.2) is 0 Å². The molecule has 0 bridgehead atoms. The van der Waals surface area contributed by atoms with E-state index in [1.165, 1.54) is 0 Å². The molecule has 1 unspecified atom stereocenters. The molecule has 0 saturated carbocycles. The third kappa shape index (κ3) is 2.61. The molecule has 1 amide bonds. The van der Waals surface area contributed by atoms with Crippen molar-refractivity contribution in [3.05, 3.63) is 54.7 Å². The van der Waals surface area contributed by atoms with Gasteiger partial charge in [0.1, 0.15) is 0 Å². The smallest absolute Gasteiger partial charge is 0.226 e. The Morgan fingerprint density at radius 3 is 2.96 bits per heavy atom. The fraction of sp³-hybridized carbons (Fsp3) is 0.238. The number of anilines is 2. The van der Waals surface area contributed by atoms with Crippen LogP contribution in [0.1, 0.15) is 6.42 Å². The van der Waals surface area contributed by atoms with Crippen LogP contribution in [0.15, 0.2) is 54.7 Å². The van der Waals surface area contributed by atoms with Gasteiger partial charge in [-0.2, -0.15) is 0 Å². The predicted octanol–water partition coefficient (Wildman–Crippen LogP) is 3.02. The van der Waals surface area contributed by atoms with Crippen LogP contribution >= 0.6 is 0 Å². The number of para-hydroxylation sites is 1. The number of nitrogens with zero attached hydrogens (tertiary/aromatic N) is 2. The molecule has 1 fully saturated rings. The first-order chi connectivity index (χ1) is 12.8. The summed E-state index contributed by atoms with van der Waals surface area (Å²) < 4.78 is 0. The standard InChI is InChI=1S/C21H20N4O/c26-21-11-17-13-22-7-8-25(17)20-10-14(5-6-19(20)24-21)16-9-15-3-1-2-4-18(15)23-12-16/h1-6,9-10,12,17,22H,7-8,11,13H2,(H,24,26). The van der Waals surface area contributed by atoms with Crippen LogP contribution in [0, 0.1) is 0 Å². The number of carbonyl (C=O) groups is 1. The fourth-order valence-electron chi connectivity index (χ4n) is 3.96. The molecule has 0 spiro atoms. The first-order valence-corrected chi connectivity index (χ1v) is 9.04. The monoisotopic (exact) mass is 344 g/mol. The van der Waals surface area contributed by atoms with Crippen molar-refractivity contribution in [2.75, 3.05) is 29.9 Å². The Labute approximate surface area is 152 Å². The van der Waals surface area contributed by atoms with E-state index in [4.69, 9.17) is 0 Å². The van der Waals surface area contributed by atoms with Crippen molar-refractivity contribution in [2.45, 2.75) is 12.5 Å². The highest BCUT2D eigenvalue weighted by Gasteiger charge is 2.30. The maximum atomic E-state index is 12.2. The quantitative estimate of drug-likeness (QED) is 0.712. The van der Waals surface area contributed by atoms with Gasteiger partial charge in [-0.1, -0.05) is 24.3 Å². The third-order valence-corrected chi connectivity index (χ3v) is 5.28. The lowest BCUT2D eigenvalue weighted by Gasteiger charge is -2.36. The summed E-state index contributed by atoms with van der Waals surface area (Å²) >= 11 is 0. The van der Waals surface area contributed by atoms with Crippen LogP contribution in [0.2, 0.25) is 0 Å². The molecule has 1 saturated heterocycles. The highest BCUT2D eigenvalue weighted by atomic mass is 16.1. The largest absolute Gasteiger partial charge is 0.364 e. The summed E-state index contributed by atoms with van der Waals surface area (Å²) in [5, 5.41) is 7.59. The molecule has 0 aliphatic carbocycles. The molecular formula is C21H20N4O. The van der Waals surface area contributed by atoms with Gasteiger partial charge >= 0.3 is 0 Å². The fourth-order valence-corrected chi connectivity index (χ4v) is 3.96. The molecular weight excluding hydrogens is 324 g/mol. The first kappa shape index (κ1) is 15.3. The van der Waals surface area contributed by atoms with Gasteiger partial charge in [0, 0.05) is 43.2 Å². The van der Waals surface area contributed by atoms with E-state index in [9.17, 15) is 4.79 Å². The Morgan fingerprint density at radius 1 is 1.08 bits per heavy atom. The second kappa shape index (κ2) is 6.11. The van der Waals surface area contributed by atoms with Crippen molar-refractivity contribution >= 4 is 28.2 Å². The number of carbonyl (C=O) groups excluding carboxylic acids is 1. The highest BCUT2D eigenvalue weighted by Crippen LogP contribution is 2.36. The summed E-state index contributed by atoms with van der Waals surface area (Å²) in [5.41, 5.74) is 5.22. The number of fused-ring (bicyclic) bond motifs is 4. The number of rotatable bonds is 1. The zero-order valence-electron chi connectivity index (χ0n) is 14.4. The van der Waals surface area contributed by atoms with E-state index in [0.29, 0.717) is 6.42 Å². The number of benzene rings is 2. The van der Waals surface area contributed by atoms with Gasteiger partial charge < -0.3 is 15.5 Å². The number of hydrogen-bond acceptors (Lipinski definition) is 4. The van der Waals surface area contributed by atoms with Gasteiger partial charge in [-0.05, 0) is 29.8 Å². The van der Waals surface area contributed by atoms with Gasteiger partial charge in [-0.25, -0.2) is 0 Å². The number of pyridine rings is 1. The van der Waals surface area contributed by atoms with Crippen LogP contribution in [0.25, 0.3) is 22.0 Å². The molecule has 0 radical (unpaired) electrons. The summed E-state index contributed by atoms with van der Waals surface area (Å²) in [7, 11) is 0. The molecule has 5 nitrogen and oxygen atoms in total. The minimum atomic E-state index is 0.0857. The molecule has 130 valence electrons. The molecule has 26 heavy (non-hydrogen) atoms. The Balaban J connectivity index is 1.61. The van der Waals surface area contributed by atoms with Gasteiger partial charge in [0.25, 0.3) is 0 Å². The van der Waals surface area contributed by atoms with Crippen molar-refractivity contribution < 1.29 is 4.79 Å². The van der Waals surface area contributed by atoms with E-state index in [0.717, 1.165) is 53.0 Å². The topological polar surface area (TPSA) is 57.3 Å². The normalized spacial score (nSPS) is 19.5. The second-order valence-electron chi connectivity index (χ2n) is 6.95. The van der Waals surface area contributed by atoms with Crippen LogP contribution in [0.5, 0.6) is 0 Å². The zero-order valence-corrected chi connectivity index (χ0v) is 14.4. The Kier molecular flexibility index (Phi) is 3.60. The van der Waals surface area contributed by atoms with Gasteiger partial charge in [-0.15, -0.1) is 0 Å². The van der Waals surface area contributed by atoms with E-state index < -0.39 is 0 Å². The zero-order chi connectivity index (χ0) is 17.5. The van der Waals surface area contributed by atoms with Crippen LogP contribution in [0.3, 0.4) is 0 Å². The predicted molar refractivity (Wildman–Crippen MR) is 104 cm³/mol. The van der Waals surface area contributed by atoms with Crippen molar-refractivity contribution in [3.8, 4) is 11.1 Å². The average Bonchev–Trinajstić information content (AvgIpc) is 2.82. The summed E-state index contributed by atoms with van der Waals surface area (Å²) in [4.78, 5) is 19.2. The number of nitrogens with one attached hydrogen (secondary N) is 2. The summed E-state index contributed by atoms with van der Waals surface area (Å²) in [5.74, 6) is 0.0857. The van der Waals surface area contributed by atoms with E-state index >= 15 is 0 Å². The lowest BCUT2D eigenvalue weighted by molar-refractivity contribution is -0.116. The SMILES string of the molecule is O=C1CC2CNCCN2c2cc(-c3cnc4ccccc4c3)ccc2N1. The van der Waals surface area contributed by atoms with E-state index in [1.54, 1.807) is 0 Å². The molecule has 5 rings (SSSR count). The number of aromatic nitrogens is 1. The van der Waals surface area contributed by atoms with E-state index in [2.05, 4.69) is 44.8 Å². The summed E-state index contributed by atoms with van der Waals surface area (Å²) in [6.07, 6.45) is 2.45. The second-order valence-corrected chi connectivity index (χ2v) is 6.95. The number of amides is 1. The summed E-state index contributed by atoms with van der Waals surface area (Å²) in [6, 6.07) is 16.8. The van der Waals surface area contributed by atoms with Crippen molar-refractivity contribution in [1.29, 1.82) is 0 Å². The molecule has 3 aromatic rings. The van der Waals surface area contributed by atoms with Crippen molar-refractivity contribution in [1.82, 2.24) is 10.3 Å². The Morgan fingerprint density at radius 2 is 2.00 bits per heavy atom.